The largest absolute Gasteiger partial charge is 0.436 e. The Bertz CT molecular complexity index is 1800. The van der Waals surface area contributed by atoms with Crippen molar-refractivity contribution in [2.75, 3.05) is 61.8 Å². The molecule has 2 aromatic heterocycles. The SMILES string of the molecule is Cc1cc(CC(OC(=O)N2CCC(N3CCc4ccccc4NC3=O)CC2)C(=O)N2CCN(c3cnc(N)nc3)CC2)cc2cn[nH]c12. The number of urea groups is 1. The molecule has 1 atom stereocenters. The molecule has 5 heterocycles. The molecule has 4 N–H and O–H groups in total. The number of anilines is 3. The summed E-state index contributed by atoms with van der Waals surface area (Å²) in [7, 11) is 0. The van der Waals surface area contributed by atoms with Gasteiger partial charge in [-0.15, -0.1) is 0 Å². The van der Waals surface area contributed by atoms with Crippen molar-refractivity contribution < 1.29 is 19.1 Å². The van der Waals surface area contributed by atoms with Gasteiger partial charge in [0.1, 0.15) is 0 Å². The van der Waals surface area contributed by atoms with E-state index in [1.807, 2.05) is 48.2 Å². The van der Waals surface area contributed by atoms with Crippen molar-refractivity contribution >= 4 is 46.3 Å². The van der Waals surface area contributed by atoms with E-state index in [0.717, 1.165) is 45.4 Å². The van der Waals surface area contributed by atoms with Gasteiger partial charge in [0, 0.05) is 69.3 Å². The number of nitrogens with two attached hydrogens (primary N) is 1. The fourth-order valence-corrected chi connectivity index (χ4v) is 7.00. The summed E-state index contributed by atoms with van der Waals surface area (Å²) in [5.74, 6) is -0.0131. The third kappa shape index (κ3) is 6.55. The Hall–Kier alpha value is -5.40. The van der Waals surface area contributed by atoms with Crippen molar-refractivity contribution in [1.29, 1.82) is 0 Å². The lowest BCUT2D eigenvalue weighted by Gasteiger charge is -2.39. The molecule has 48 heavy (non-hydrogen) atoms. The number of piperidine rings is 1. The van der Waals surface area contributed by atoms with E-state index in [2.05, 4.69) is 30.4 Å². The number of fused-ring (bicyclic) bond motifs is 2. The number of para-hydroxylation sites is 1. The molecular formula is C34H40N10O4. The molecule has 2 fully saturated rings. The third-order valence-corrected chi connectivity index (χ3v) is 9.67. The molecule has 4 amide bonds. The molecule has 4 aromatic rings. The number of nitrogens with one attached hydrogen (secondary N) is 2. The van der Waals surface area contributed by atoms with Crippen molar-refractivity contribution in [3.63, 3.8) is 0 Å². The molecule has 0 bridgehead atoms. The first-order valence-electron chi connectivity index (χ1n) is 16.5. The minimum Gasteiger partial charge on any atom is -0.436 e. The third-order valence-electron chi connectivity index (χ3n) is 9.67. The van der Waals surface area contributed by atoms with E-state index in [1.165, 1.54) is 0 Å². The topological polar surface area (TPSA) is 166 Å². The number of carbonyl (C=O) groups is 3. The van der Waals surface area contributed by atoms with E-state index in [-0.39, 0.29) is 30.3 Å². The van der Waals surface area contributed by atoms with Crippen molar-refractivity contribution in [1.82, 2.24) is 34.9 Å². The highest BCUT2D eigenvalue weighted by molar-refractivity contribution is 5.91. The Morgan fingerprint density at radius 3 is 2.50 bits per heavy atom. The summed E-state index contributed by atoms with van der Waals surface area (Å²) in [6, 6.07) is 11.8. The summed E-state index contributed by atoms with van der Waals surface area (Å²) in [6.07, 6.45) is 5.87. The molecule has 0 radical (unpaired) electrons. The molecule has 0 saturated carbocycles. The van der Waals surface area contributed by atoms with Gasteiger partial charge in [0.2, 0.25) is 5.95 Å². The lowest BCUT2D eigenvalue weighted by molar-refractivity contribution is -0.141. The van der Waals surface area contributed by atoms with Crippen molar-refractivity contribution in [3.8, 4) is 0 Å². The number of benzene rings is 2. The van der Waals surface area contributed by atoms with Crippen molar-refractivity contribution in [3.05, 3.63) is 71.7 Å². The highest BCUT2D eigenvalue weighted by Gasteiger charge is 2.35. The van der Waals surface area contributed by atoms with Crippen LogP contribution in [-0.2, 0) is 22.4 Å². The van der Waals surface area contributed by atoms with Crippen LogP contribution in [0.4, 0.5) is 26.9 Å². The highest BCUT2D eigenvalue weighted by atomic mass is 16.6. The van der Waals surface area contributed by atoms with Crippen LogP contribution in [-0.4, -0.2) is 111 Å². The number of amides is 4. The van der Waals surface area contributed by atoms with Crippen molar-refractivity contribution in [2.24, 2.45) is 0 Å². The lowest BCUT2D eigenvalue weighted by Crippen LogP contribution is -2.54. The number of nitrogens with zero attached hydrogens (tertiary/aromatic N) is 7. The summed E-state index contributed by atoms with van der Waals surface area (Å²) >= 11 is 0. The second-order valence-electron chi connectivity index (χ2n) is 12.7. The molecule has 3 aliphatic rings. The lowest BCUT2D eigenvalue weighted by atomic mass is 10.0. The van der Waals surface area contributed by atoms with Crippen LogP contribution in [0.5, 0.6) is 0 Å². The van der Waals surface area contributed by atoms with Gasteiger partial charge in [-0.3, -0.25) is 9.89 Å². The number of carbonyl (C=O) groups excluding carboxylic acids is 3. The van der Waals surface area contributed by atoms with Gasteiger partial charge in [-0.1, -0.05) is 24.3 Å². The summed E-state index contributed by atoms with van der Waals surface area (Å²) in [5.41, 5.74) is 11.3. The first-order chi connectivity index (χ1) is 23.3. The zero-order chi connectivity index (χ0) is 33.2. The van der Waals surface area contributed by atoms with E-state index in [4.69, 9.17) is 10.5 Å². The van der Waals surface area contributed by atoms with Gasteiger partial charge in [-0.05, 0) is 55.0 Å². The van der Waals surface area contributed by atoms with Crippen LogP contribution in [0.1, 0.15) is 29.5 Å². The Kier molecular flexibility index (Phi) is 8.70. The number of aromatic amines is 1. The standard InChI is InChI=1S/C34H40N10O4/c1-22-16-23(17-25-19-38-40-30(22)25)18-29(31(45)42-14-12-41(13-15-42)27-20-36-32(35)37-21-27)48-34(47)43-9-7-26(8-10-43)44-11-6-24-4-2-3-5-28(24)39-33(44)46/h2-5,16-17,19-21,26,29H,6-15,18H2,1H3,(H,38,40)(H,39,46)(H2,35,36,37). The maximum absolute atomic E-state index is 14.0. The predicted octanol–water partition coefficient (Wildman–Crippen LogP) is 3.19. The van der Waals surface area contributed by atoms with Gasteiger partial charge in [0.15, 0.2) is 6.10 Å². The second kappa shape index (κ2) is 13.4. The minimum absolute atomic E-state index is 0.00760. The fourth-order valence-electron chi connectivity index (χ4n) is 7.00. The average molecular weight is 653 g/mol. The highest BCUT2D eigenvalue weighted by Crippen LogP contribution is 2.26. The number of aryl methyl sites for hydroxylation is 1. The monoisotopic (exact) mass is 652 g/mol. The maximum Gasteiger partial charge on any atom is 0.410 e. The van der Waals surface area contributed by atoms with Gasteiger partial charge < -0.3 is 35.4 Å². The molecule has 0 aliphatic carbocycles. The molecule has 3 aliphatic heterocycles. The number of ether oxygens (including phenoxy) is 1. The molecule has 1 unspecified atom stereocenters. The van der Waals surface area contributed by atoms with Crippen LogP contribution in [0.25, 0.3) is 10.9 Å². The van der Waals surface area contributed by atoms with Gasteiger partial charge in [-0.25, -0.2) is 19.6 Å². The normalized spacial score (nSPS) is 17.9. The Morgan fingerprint density at radius 2 is 1.73 bits per heavy atom. The molecule has 0 spiro atoms. The van der Waals surface area contributed by atoms with Gasteiger partial charge >= 0.3 is 12.1 Å². The summed E-state index contributed by atoms with van der Waals surface area (Å²) in [4.78, 5) is 56.3. The summed E-state index contributed by atoms with van der Waals surface area (Å²) < 4.78 is 6.06. The molecule has 7 rings (SSSR count). The molecule has 2 aromatic carbocycles. The number of likely N-dealkylation sites (tertiary alicyclic amines) is 1. The van der Waals surface area contributed by atoms with Crippen molar-refractivity contribution in [2.45, 2.75) is 44.8 Å². The summed E-state index contributed by atoms with van der Waals surface area (Å²) in [5, 5.41) is 11.1. The van der Waals surface area contributed by atoms with Crippen LogP contribution >= 0.6 is 0 Å². The van der Waals surface area contributed by atoms with E-state index in [9.17, 15) is 14.4 Å². The smallest absolute Gasteiger partial charge is 0.410 e. The first-order valence-corrected chi connectivity index (χ1v) is 16.5. The van der Waals surface area contributed by atoms with Gasteiger partial charge in [0.05, 0.1) is 29.8 Å². The number of nitrogen functional groups attached to an aromatic ring is 1. The first kappa shape index (κ1) is 31.2. The number of hydrogen-bond donors (Lipinski definition) is 3. The minimum atomic E-state index is -1.000. The second-order valence-corrected chi connectivity index (χ2v) is 12.7. The van der Waals surface area contributed by atoms with Gasteiger partial charge in [-0.2, -0.15) is 5.10 Å². The van der Waals surface area contributed by atoms with Crippen LogP contribution in [0.15, 0.2) is 55.0 Å². The fraction of sp³-hybridized carbons (Fsp3) is 0.412. The predicted molar refractivity (Wildman–Crippen MR) is 181 cm³/mol. The van der Waals surface area contributed by atoms with E-state index in [0.29, 0.717) is 58.7 Å². The Labute approximate surface area is 278 Å². The number of piperazine rings is 1. The summed E-state index contributed by atoms with van der Waals surface area (Å²) in [6.45, 7) is 5.57. The molecule has 2 saturated heterocycles. The Morgan fingerprint density at radius 1 is 0.979 bits per heavy atom. The number of H-pyrrole nitrogens is 1. The van der Waals surface area contributed by atoms with Gasteiger partial charge in [0.25, 0.3) is 5.91 Å². The number of hydrogen-bond acceptors (Lipinski definition) is 9. The van der Waals surface area contributed by atoms with Crippen LogP contribution < -0.4 is 16.0 Å². The van der Waals surface area contributed by atoms with Crippen LogP contribution in [0.3, 0.4) is 0 Å². The zero-order valence-corrected chi connectivity index (χ0v) is 27.0. The number of aromatic nitrogens is 4. The van der Waals surface area contributed by atoms with Crippen LogP contribution in [0, 0.1) is 6.92 Å². The van der Waals surface area contributed by atoms with E-state index >= 15 is 0 Å². The van der Waals surface area contributed by atoms with E-state index in [1.54, 1.807) is 28.4 Å². The number of rotatable bonds is 6. The quantitative estimate of drug-likeness (QED) is 0.284. The molecule has 14 heteroatoms. The zero-order valence-electron chi connectivity index (χ0n) is 27.0. The Balaban J connectivity index is 1.01. The maximum atomic E-state index is 14.0. The molecule has 14 nitrogen and oxygen atoms in total. The van der Waals surface area contributed by atoms with E-state index < -0.39 is 12.2 Å². The average Bonchev–Trinajstić information content (AvgIpc) is 3.52. The molecular weight excluding hydrogens is 612 g/mol. The van der Waals surface area contributed by atoms with Crippen LogP contribution in [0.2, 0.25) is 0 Å². The molecule has 250 valence electrons.